The van der Waals surface area contributed by atoms with E-state index in [9.17, 15) is 27.9 Å². The van der Waals surface area contributed by atoms with Crippen LogP contribution in [0.15, 0.2) is 42.5 Å². The van der Waals surface area contributed by atoms with Crippen LogP contribution in [0.2, 0.25) is 0 Å². The normalized spacial score (nSPS) is 21.1. The molecule has 2 aliphatic heterocycles. The summed E-state index contributed by atoms with van der Waals surface area (Å²) in [6.07, 6.45) is -3.38. The van der Waals surface area contributed by atoms with Gasteiger partial charge in [-0.25, -0.2) is 0 Å². The van der Waals surface area contributed by atoms with Crippen molar-refractivity contribution in [1.82, 2.24) is 15.1 Å². The van der Waals surface area contributed by atoms with Crippen LogP contribution in [-0.2, 0) is 17.5 Å². The number of aliphatic hydroxyl groups is 1. The fraction of sp³-hybridized carbons (Fsp3) is 0.533. The first kappa shape index (κ1) is 30.8. The number of alkyl halides is 3. The molecule has 8 nitrogen and oxygen atoms in total. The number of rotatable bonds is 8. The molecule has 0 spiro atoms. The summed E-state index contributed by atoms with van der Waals surface area (Å²) in [5.74, 6) is -0.434. The molecule has 4 rings (SSSR count). The van der Waals surface area contributed by atoms with Crippen molar-refractivity contribution >= 4 is 17.5 Å². The summed E-state index contributed by atoms with van der Waals surface area (Å²) in [7, 11) is 1.86. The summed E-state index contributed by atoms with van der Waals surface area (Å²) < 4.78 is 45.5. The summed E-state index contributed by atoms with van der Waals surface area (Å²) in [5.41, 5.74) is 0.746. The number of para-hydroxylation sites is 1. The molecule has 0 bridgehead atoms. The van der Waals surface area contributed by atoms with E-state index in [1.165, 1.54) is 12.1 Å². The molecule has 0 unspecified atom stereocenters. The smallest absolute Gasteiger partial charge is 0.416 e. The van der Waals surface area contributed by atoms with E-state index in [-0.39, 0.29) is 36.0 Å². The van der Waals surface area contributed by atoms with Gasteiger partial charge in [0.15, 0.2) is 5.75 Å². The Balaban J connectivity index is 1.60. The zero-order valence-electron chi connectivity index (χ0n) is 23.7. The van der Waals surface area contributed by atoms with E-state index in [4.69, 9.17) is 4.74 Å². The SMILES string of the molecule is C[C@H]1CN([C@@H](C)CO)C(=O)c2cccc(NC(=O)C3CCNCC3)c2O[C@@H]1CN(C)Cc1ccc(C(F)(F)F)cc1. The second kappa shape index (κ2) is 13.2. The molecule has 0 radical (unpaired) electrons. The molecule has 1 fully saturated rings. The van der Waals surface area contributed by atoms with Gasteiger partial charge in [-0.1, -0.05) is 25.1 Å². The molecule has 2 aliphatic rings. The van der Waals surface area contributed by atoms with Gasteiger partial charge in [0.1, 0.15) is 6.10 Å². The Hall–Kier alpha value is -3.15. The second-order valence-corrected chi connectivity index (χ2v) is 11.2. The lowest BCUT2D eigenvalue weighted by atomic mass is 9.96. The summed E-state index contributed by atoms with van der Waals surface area (Å²) >= 11 is 0. The van der Waals surface area contributed by atoms with Crippen molar-refractivity contribution in [2.24, 2.45) is 11.8 Å². The number of amides is 2. The minimum absolute atomic E-state index is 0.123. The van der Waals surface area contributed by atoms with Gasteiger partial charge >= 0.3 is 6.18 Å². The fourth-order valence-corrected chi connectivity index (χ4v) is 5.36. The van der Waals surface area contributed by atoms with Gasteiger partial charge in [-0.2, -0.15) is 13.2 Å². The van der Waals surface area contributed by atoms with E-state index in [1.807, 2.05) is 18.9 Å². The van der Waals surface area contributed by atoms with Gasteiger partial charge in [0.05, 0.1) is 29.5 Å². The van der Waals surface area contributed by atoms with Crippen LogP contribution in [-0.4, -0.2) is 78.7 Å². The predicted octanol–water partition coefficient (Wildman–Crippen LogP) is 4.00. The maximum Gasteiger partial charge on any atom is 0.416 e. The number of nitrogens with one attached hydrogen (secondary N) is 2. The molecule has 1 saturated heterocycles. The molecule has 224 valence electrons. The van der Waals surface area contributed by atoms with E-state index in [0.717, 1.165) is 43.6 Å². The van der Waals surface area contributed by atoms with Crippen LogP contribution in [0.4, 0.5) is 18.9 Å². The van der Waals surface area contributed by atoms with Crippen LogP contribution < -0.4 is 15.4 Å². The van der Waals surface area contributed by atoms with Crippen LogP contribution in [0.25, 0.3) is 0 Å². The minimum Gasteiger partial charge on any atom is -0.486 e. The minimum atomic E-state index is -4.39. The summed E-state index contributed by atoms with van der Waals surface area (Å²) in [6.45, 7) is 6.19. The molecule has 2 aromatic carbocycles. The summed E-state index contributed by atoms with van der Waals surface area (Å²) in [5, 5.41) is 16.1. The third kappa shape index (κ3) is 7.58. The Morgan fingerprint density at radius 2 is 1.88 bits per heavy atom. The standard InChI is InChI=1S/C30H39F3N4O4/c1-19-15-37(20(2)18-38)29(40)24-5-4-6-25(35-28(39)22-11-13-34-14-12-22)27(24)41-26(19)17-36(3)16-21-7-9-23(10-8-21)30(31,32)33/h4-10,19-20,22,26,34,38H,11-18H2,1-3H3,(H,35,39)/t19-,20-,26+/m0/s1. The lowest BCUT2D eigenvalue weighted by Gasteiger charge is -2.38. The van der Waals surface area contributed by atoms with Gasteiger partial charge in [0.25, 0.3) is 5.91 Å². The lowest BCUT2D eigenvalue weighted by Crippen LogP contribution is -2.49. The number of fused-ring (bicyclic) bond motifs is 1. The average molecular weight is 577 g/mol. The maximum absolute atomic E-state index is 13.7. The lowest BCUT2D eigenvalue weighted by molar-refractivity contribution is -0.137. The highest BCUT2D eigenvalue weighted by atomic mass is 19.4. The number of aliphatic hydroxyl groups excluding tert-OH is 1. The van der Waals surface area contributed by atoms with Gasteiger partial charge < -0.3 is 25.4 Å². The van der Waals surface area contributed by atoms with Crippen LogP contribution in [0, 0.1) is 11.8 Å². The monoisotopic (exact) mass is 576 g/mol. The molecule has 2 amide bonds. The van der Waals surface area contributed by atoms with E-state index in [0.29, 0.717) is 30.9 Å². The number of benzene rings is 2. The van der Waals surface area contributed by atoms with Crippen LogP contribution in [0.1, 0.15) is 48.2 Å². The number of hydrogen-bond acceptors (Lipinski definition) is 6. The average Bonchev–Trinajstić information content (AvgIpc) is 2.95. The Morgan fingerprint density at radius 1 is 1.20 bits per heavy atom. The second-order valence-electron chi connectivity index (χ2n) is 11.2. The zero-order valence-corrected chi connectivity index (χ0v) is 23.7. The first-order chi connectivity index (χ1) is 19.5. The number of nitrogens with zero attached hydrogens (tertiary/aromatic N) is 2. The third-order valence-corrected chi connectivity index (χ3v) is 7.88. The molecule has 3 atom stereocenters. The molecule has 0 aliphatic carbocycles. The molecule has 0 saturated carbocycles. The first-order valence-electron chi connectivity index (χ1n) is 14.1. The van der Waals surface area contributed by atoms with E-state index < -0.39 is 23.9 Å². The number of carbonyl (C=O) groups excluding carboxylic acids is 2. The number of hydrogen-bond donors (Lipinski definition) is 3. The first-order valence-corrected chi connectivity index (χ1v) is 14.1. The van der Waals surface area contributed by atoms with Crippen molar-refractivity contribution < 1.29 is 32.6 Å². The van der Waals surface area contributed by atoms with Gasteiger partial charge in [-0.15, -0.1) is 0 Å². The Labute approximate surface area is 238 Å². The van der Waals surface area contributed by atoms with Crippen LogP contribution in [0.5, 0.6) is 5.75 Å². The topological polar surface area (TPSA) is 94.1 Å². The summed E-state index contributed by atoms with van der Waals surface area (Å²) in [4.78, 5) is 30.4. The molecular weight excluding hydrogens is 537 g/mol. The van der Waals surface area contributed by atoms with Crippen LogP contribution in [0.3, 0.4) is 0 Å². The van der Waals surface area contributed by atoms with Crippen molar-refractivity contribution in [3.05, 3.63) is 59.2 Å². The van der Waals surface area contributed by atoms with Crippen molar-refractivity contribution in [3.8, 4) is 5.75 Å². The Bertz CT molecular complexity index is 1200. The quantitative estimate of drug-likeness (QED) is 0.440. The highest BCUT2D eigenvalue weighted by Gasteiger charge is 2.35. The highest BCUT2D eigenvalue weighted by Crippen LogP contribution is 2.36. The number of carbonyl (C=O) groups is 2. The Morgan fingerprint density at radius 3 is 2.51 bits per heavy atom. The van der Waals surface area contributed by atoms with Crippen molar-refractivity contribution in [2.45, 2.75) is 51.6 Å². The summed E-state index contributed by atoms with van der Waals surface area (Å²) in [6, 6.07) is 9.74. The van der Waals surface area contributed by atoms with Gasteiger partial charge in [0, 0.05) is 31.5 Å². The van der Waals surface area contributed by atoms with Gasteiger partial charge in [-0.05, 0) is 69.7 Å². The highest BCUT2D eigenvalue weighted by molar-refractivity contribution is 6.02. The van der Waals surface area contributed by atoms with E-state index in [1.54, 1.807) is 30.0 Å². The van der Waals surface area contributed by atoms with E-state index in [2.05, 4.69) is 10.6 Å². The molecular formula is C30H39F3N4O4. The van der Waals surface area contributed by atoms with Crippen LogP contribution >= 0.6 is 0 Å². The zero-order chi connectivity index (χ0) is 29.7. The van der Waals surface area contributed by atoms with E-state index >= 15 is 0 Å². The molecule has 41 heavy (non-hydrogen) atoms. The maximum atomic E-state index is 13.7. The largest absolute Gasteiger partial charge is 0.486 e. The van der Waals surface area contributed by atoms with Crippen molar-refractivity contribution in [3.63, 3.8) is 0 Å². The molecule has 2 heterocycles. The Kier molecular flexibility index (Phi) is 9.93. The predicted molar refractivity (Wildman–Crippen MR) is 150 cm³/mol. The number of ether oxygens (including phenoxy) is 1. The van der Waals surface area contributed by atoms with Crippen molar-refractivity contribution in [2.75, 3.05) is 45.2 Å². The molecule has 2 aromatic rings. The fourth-order valence-electron chi connectivity index (χ4n) is 5.36. The third-order valence-electron chi connectivity index (χ3n) is 7.88. The number of anilines is 1. The number of likely N-dealkylation sites (N-methyl/N-ethyl adjacent to an activating group) is 1. The molecule has 11 heteroatoms. The number of halogens is 3. The van der Waals surface area contributed by atoms with Gasteiger partial charge in [-0.3, -0.25) is 14.5 Å². The molecule has 0 aromatic heterocycles. The van der Waals surface area contributed by atoms with Gasteiger partial charge in [0.2, 0.25) is 5.91 Å². The van der Waals surface area contributed by atoms with Crippen molar-refractivity contribution in [1.29, 1.82) is 0 Å². The number of piperidine rings is 1. The molecule has 3 N–H and O–H groups in total.